The van der Waals surface area contributed by atoms with Gasteiger partial charge in [0.05, 0.1) is 15.1 Å². The number of benzene rings is 2. The molecule has 0 aliphatic heterocycles. The third-order valence-electron chi connectivity index (χ3n) is 2.64. The van der Waals surface area contributed by atoms with Crippen molar-refractivity contribution in [2.45, 2.75) is 13.1 Å². The van der Waals surface area contributed by atoms with Gasteiger partial charge in [0.15, 0.2) is 0 Å². The summed E-state index contributed by atoms with van der Waals surface area (Å²) in [6, 6.07) is 7.31. The van der Waals surface area contributed by atoms with Gasteiger partial charge in [-0.1, -0.05) is 11.6 Å². The zero-order chi connectivity index (χ0) is 17.2. The molecule has 3 nitrogen and oxygen atoms in total. The Morgan fingerprint density at radius 2 is 1.83 bits per heavy atom. The lowest BCUT2D eigenvalue weighted by molar-refractivity contribution is -0.137. The van der Waals surface area contributed by atoms with Gasteiger partial charge in [-0.2, -0.15) is 13.2 Å². The van der Waals surface area contributed by atoms with E-state index >= 15 is 0 Å². The summed E-state index contributed by atoms with van der Waals surface area (Å²) in [4.78, 5) is 11.0. The van der Waals surface area contributed by atoms with Crippen molar-refractivity contribution in [1.82, 2.24) is 0 Å². The number of hydrogen-bond donors (Lipinski definition) is 0. The largest absolute Gasteiger partial charge is 0.456 e. The molecule has 0 atom stereocenters. The van der Waals surface area contributed by atoms with Crippen molar-refractivity contribution in [3.8, 4) is 17.2 Å². The number of carbonyl (C=O) groups excluding carboxylic acids is 1. The Morgan fingerprint density at radius 1 is 1.13 bits per heavy atom. The van der Waals surface area contributed by atoms with E-state index in [0.717, 1.165) is 18.2 Å². The molecule has 0 aliphatic carbocycles. The summed E-state index contributed by atoms with van der Waals surface area (Å²) >= 11 is 9.03. The quantitative estimate of drug-likeness (QED) is 0.472. The van der Waals surface area contributed by atoms with Crippen LogP contribution in [0.25, 0.3) is 0 Å². The first-order valence-corrected chi connectivity index (χ1v) is 7.36. The second-order valence-electron chi connectivity index (χ2n) is 4.43. The highest BCUT2D eigenvalue weighted by Gasteiger charge is 2.31. The topological polar surface area (TPSA) is 35.5 Å². The maximum absolute atomic E-state index is 12.6. The number of esters is 1. The summed E-state index contributed by atoms with van der Waals surface area (Å²) in [7, 11) is 0. The normalized spacial score (nSPS) is 11.2. The number of alkyl halides is 3. The molecule has 0 bridgehead atoms. The molecular weight excluding hydrogens is 401 g/mol. The first-order chi connectivity index (χ1) is 10.7. The average Bonchev–Trinajstić information content (AvgIpc) is 2.43. The van der Waals surface area contributed by atoms with Crippen molar-refractivity contribution in [1.29, 1.82) is 0 Å². The summed E-state index contributed by atoms with van der Waals surface area (Å²) in [5.74, 6) is 0.00956. The molecule has 2 aromatic carbocycles. The molecule has 122 valence electrons. The van der Waals surface area contributed by atoms with E-state index in [1.54, 1.807) is 12.1 Å². The Morgan fingerprint density at radius 3 is 2.39 bits per heavy atom. The molecule has 0 unspecified atom stereocenters. The van der Waals surface area contributed by atoms with Crippen molar-refractivity contribution in [3.63, 3.8) is 0 Å². The maximum atomic E-state index is 12.6. The molecule has 0 N–H and O–H groups in total. The van der Waals surface area contributed by atoms with Gasteiger partial charge in [-0.3, -0.25) is 4.79 Å². The molecule has 2 rings (SSSR count). The molecule has 0 aromatic heterocycles. The lowest BCUT2D eigenvalue weighted by atomic mass is 10.2. The van der Waals surface area contributed by atoms with E-state index in [1.165, 1.54) is 13.0 Å². The molecule has 0 spiro atoms. The van der Waals surface area contributed by atoms with Crippen LogP contribution in [-0.2, 0) is 11.0 Å². The van der Waals surface area contributed by atoms with Crippen LogP contribution in [0.3, 0.4) is 0 Å². The molecule has 0 aliphatic rings. The van der Waals surface area contributed by atoms with Gasteiger partial charge in [0.1, 0.15) is 17.2 Å². The summed E-state index contributed by atoms with van der Waals surface area (Å²) in [6.07, 6.45) is -4.48. The average molecular weight is 410 g/mol. The lowest BCUT2D eigenvalue weighted by Crippen LogP contribution is -2.04. The van der Waals surface area contributed by atoms with Crippen LogP contribution in [0, 0.1) is 0 Å². The van der Waals surface area contributed by atoms with Gasteiger partial charge in [0, 0.05) is 13.0 Å². The van der Waals surface area contributed by atoms with Crippen LogP contribution in [0.15, 0.2) is 40.9 Å². The Kier molecular flexibility index (Phi) is 5.21. The number of hydrogen-bond acceptors (Lipinski definition) is 3. The summed E-state index contributed by atoms with van der Waals surface area (Å²) < 4.78 is 48.7. The van der Waals surface area contributed by atoms with E-state index in [9.17, 15) is 18.0 Å². The van der Waals surface area contributed by atoms with Crippen LogP contribution >= 0.6 is 27.5 Å². The highest BCUT2D eigenvalue weighted by Crippen LogP contribution is 2.38. The smallest absolute Gasteiger partial charge is 0.416 e. The molecule has 0 heterocycles. The van der Waals surface area contributed by atoms with E-state index in [4.69, 9.17) is 21.1 Å². The second kappa shape index (κ2) is 6.80. The number of halogens is 5. The Hall–Kier alpha value is -1.73. The molecule has 8 heteroatoms. The first kappa shape index (κ1) is 17.6. The SMILES string of the molecule is CC(=O)Oc1cc(Oc2ccc(C(F)(F)F)cc2Cl)ccc1Br. The van der Waals surface area contributed by atoms with E-state index < -0.39 is 17.7 Å². The molecule has 0 radical (unpaired) electrons. The minimum absolute atomic E-state index is 0.0516. The van der Waals surface area contributed by atoms with E-state index in [1.807, 2.05) is 0 Å². The van der Waals surface area contributed by atoms with Crippen LogP contribution in [0.1, 0.15) is 12.5 Å². The van der Waals surface area contributed by atoms with Crippen molar-refractivity contribution in [3.05, 3.63) is 51.5 Å². The fourth-order valence-corrected chi connectivity index (χ4v) is 2.21. The summed E-state index contributed by atoms with van der Waals surface area (Å²) in [6.45, 7) is 1.24. The van der Waals surface area contributed by atoms with Gasteiger partial charge in [-0.15, -0.1) is 0 Å². The van der Waals surface area contributed by atoms with Gasteiger partial charge < -0.3 is 9.47 Å². The van der Waals surface area contributed by atoms with Crippen molar-refractivity contribution in [2.24, 2.45) is 0 Å². The number of carbonyl (C=O) groups is 1. The highest BCUT2D eigenvalue weighted by molar-refractivity contribution is 9.10. The monoisotopic (exact) mass is 408 g/mol. The third kappa shape index (κ3) is 4.62. The van der Waals surface area contributed by atoms with Crippen LogP contribution in [-0.4, -0.2) is 5.97 Å². The summed E-state index contributed by atoms with van der Waals surface area (Å²) in [5, 5.41) is -0.184. The fourth-order valence-electron chi connectivity index (χ4n) is 1.67. The number of ether oxygens (including phenoxy) is 2. The Bertz CT molecular complexity index is 747. The van der Waals surface area contributed by atoms with E-state index in [0.29, 0.717) is 4.47 Å². The first-order valence-electron chi connectivity index (χ1n) is 6.19. The molecule has 2 aromatic rings. The maximum Gasteiger partial charge on any atom is 0.416 e. The van der Waals surface area contributed by atoms with Gasteiger partial charge in [0.25, 0.3) is 0 Å². The van der Waals surface area contributed by atoms with Crippen LogP contribution in [0.4, 0.5) is 13.2 Å². The second-order valence-corrected chi connectivity index (χ2v) is 5.69. The molecule has 23 heavy (non-hydrogen) atoms. The van der Waals surface area contributed by atoms with Gasteiger partial charge in [0.2, 0.25) is 0 Å². The fraction of sp³-hybridized carbons (Fsp3) is 0.133. The molecule has 0 fully saturated rings. The molecule has 0 amide bonds. The predicted molar refractivity (Wildman–Crippen MR) is 82.0 cm³/mol. The number of rotatable bonds is 3. The standard InChI is InChI=1S/C15H9BrClF3O3/c1-8(21)22-14-7-10(3-4-11(14)16)23-13-5-2-9(6-12(13)17)15(18,19)20/h2-7H,1H3. The van der Waals surface area contributed by atoms with Crippen LogP contribution < -0.4 is 9.47 Å². The summed E-state index contributed by atoms with van der Waals surface area (Å²) in [5.41, 5.74) is -0.869. The highest BCUT2D eigenvalue weighted by atomic mass is 79.9. The zero-order valence-corrected chi connectivity index (χ0v) is 13.9. The van der Waals surface area contributed by atoms with E-state index in [-0.39, 0.29) is 22.3 Å². The third-order valence-corrected chi connectivity index (χ3v) is 3.59. The van der Waals surface area contributed by atoms with Gasteiger partial charge in [-0.25, -0.2) is 0 Å². The minimum Gasteiger partial charge on any atom is -0.456 e. The zero-order valence-electron chi connectivity index (χ0n) is 11.6. The Balaban J connectivity index is 2.27. The van der Waals surface area contributed by atoms with Gasteiger partial charge >= 0.3 is 12.1 Å². The van der Waals surface area contributed by atoms with E-state index in [2.05, 4.69) is 15.9 Å². The lowest BCUT2D eigenvalue weighted by Gasteiger charge is -2.12. The van der Waals surface area contributed by atoms with Crippen LogP contribution in [0.5, 0.6) is 17.2 Å². The van der Waals surface area contributed by atoms with Crippen molar-refractivity contribution >= 4 is 33.5 Å². The molecule has 0 saturated heterocycles. The Labute approximate surface area is 143 Å². The molecular formula is C15H9BrClF3O3. The molecule has 0 saturated carbocycles. The van der Waals surface area contributed by atoms with Crippen molar-refractivity contribution in [2.75, 3.05) is 0 Å². The van der Waals surface area contributed by atoms with Gasteiger partial charge in [-0.05, 0) is 46.3 Å². The van der Waals surface area contributed by atoms with Crippen LogP contribution in [0.2, 0.25) is 5.02 Å². The predicted octanol–water partition coefficient (Wildman–Crippen LogP) is 5.84. The van der Waals surface area contributed by atoms with Crippen molar-refractivity contribution < 1.29 is 27.4 Å². The minimum atomic E-state index is -4.48.